The number of nitrogens with one attached hydrogen (secondary N) is 1. The third-order valence-corrected chi connectivity index (χ3v) is 5.29. The molecular formula is C23H29N3O2. The highest BCUT2D eigenvalue weighted by Gasteiger charge is 2.32. The van der Waals surface area contributed by atoms with Gasteiger partial charge in [-0.1, -0.05) is 60.7 Å². The Labute approximate surface area is 167 Å². The normalized spacial score (nSPS) is 17.2. The number of benzene rings is 2. The molecule has 0 radical (unpaired) electrons. The Morgan fingerprint density at radius 2 is 1.71 bits per heavy atom. The summed E-state index contributed by atoms with van der Waals surface area (Å²) in [5.74, 6) is -0.0125. The van der Waals surface area contributed by atoms with Gasteiger partial charge in [-0.3, -0.25) is 14.5 Å². The Morgan fingerprint density at radius 1 is 1.07 bits per heavy atom. The van der Waals surface area contributed by atoms with Gasteiger partial charge in [0.1, 0.15) is 0 Å². The lowest BCUT2D eigenvalue weighted by atomic mass is 10.1. The molecule has 2 aromatic rings. The van der Waals surface area contributed by atoms with Crippen molar-refractivity contribution in [3.63, 3.8) is 0 Å². The molecule has 2 aromatic carbocycles. The molecule has 0 spiro atoms. The van der Waals surface area contributed by atoms with E-state index >= 15 is 0 Å². The van der Waals surface area contributed by atoms with E-state index in [1.165, 1.54) is 5.56 Å². The topological polar surface area (TPSA) is 52.7 Å². The quantitative estimate of drug-likeness (QED) is 0.767. The van der Waals surface area contributed by atoms with Gasteiger partial charge in [0.2, 0.25) is 11.8 Å². The van der Waals surface area contributed by atoms with Gasteiger partial charge in [0.15, 0.2) is 0 Å². The summed E-state index contributed by atoms with van der Waals surface area (Å²) in [6.45, 7) is 5.39. The van der Waals surface area contributed by atoms with Crippen molar-refractivity contribution >= 4 is 11.8 Å². The number of rotatable bonds is 8. The van der Waals surface area contributed by atoms with Gasteiger partial charge in [0, 0.05) is 32.7 Å². The summed E-state index contributed by atoms with van der Waals surface area (Å²) in [5.41, 5.74) is 2.35. The summed E-state index contributed by atoms with van der Waals surface area (Å²) < 4.78 is 0. The Morgan fingerprint density at radius 3 is 2.36 bits per heavy atom. The predicted molar refractivity (Wildman–Crippen MR) is 111 cm³/mol. The van der Waals surface area contributed by atoms with Crippen LogP contribution in [-0.2, 0) is 22.6 Å². The van der Waals surface area contributed by atoms with E-state index in [-0.39, 0.29) is 18.2 Å². The maximum Gasteiger partial charge on any atom is 0.237 e. The molecule has 1 N–H and O–H groups in total. The van der Waals surface area contributed by atoms with Crippen LogP contribution in [0.15, 0.2) is 60.7 Å². The molecule has 2 amide bonds. The Bertz CT molecular complexity index is 764. The first kappa shape index (κ1) is 20.1. The number of piperazine rings is 1. The maximum atomic E-state index is 12.9. The number of carbonyl (C=O) groups excluding carboxylic acids is 2. The second kappa shape index (κ2) is 10.0. The van der Waals surface area contributed by atoms with E-state index in [2.05, 4.69) is 22.3 Å². The lowest BCUT2D eigenvalue weighted by Crippen LogP contribution is -2.57. The molecule has 148 valence electrons. The first-order valence-corrected chi connectivity index (χ1v) is 10.0. The van der Waals surface area contributed by atoms with Gasteiger partial charge >= 0.3 is 0 Å². The second-order valence-corrected chi connectivity index (χ2v) is 7.18. The van der Waals surface area contributed by atoms with E-state index in [0.29, 0.717) is 19.6 Å². The van der Waals surface area contributed by atoms with Crippen molar-refractivity contribution in [1.82, 2.24) is 15.1 Å². The van der Waals surface area contributed by atoms with E-state index in [4.69, 9.17) is 0 Å². The zero-order valence-corrected chi connectivity index (χ0v) is 16.5. The average Bonchev–Trinajstić information content (AvgIpc) is 2.74. The zero-order valence-electron chi connectivity index (χ0n) is 16.5. The van der Waals surface area contributed by atoms with Crippen LogP contribution in [0.5, 0.6) is 0 Å². The van der Waals surface area contributed by atoms with Gasteiger partial charge in [-0.2, -0.15) is 0 Å². The largest absolute Gasteiger partial charge is 0.353 e. The van der Waals surface area contributed by atoms with Crippen molar-refractivity contribution in [2.75, 3.05) is 26.2 Å². The van der Waals surface area contributed by atoms with E-state index in [1.807, 2.05) is 60.4 Å². The Kier molecular flexibility index (Phi) is 7.20. The van der Waals surface area contributed by atoms with Gasteiger partial charge in [-0.25, -0.2) is 0 Å². The minimum absolute atomic E-state index is 0.0260. The smallest absolute Gasteiger partial charge is 0.237 e. The van der Waals surface area contributed by atoms with Crippen molar-refractivity contribution in [1.29, 1.82) is 0 Å². The average molecular weight is 380 g/mol. The number of nitrogens with zero attached hydrogens (tertiary/aromatic N) is 2. The maximum absolute atomic E-state index is 12.9. The van der Waals surface area contributed by atoms with E-state index in [1.54, 1.807) is 0 Å². The van der Waals surface area contributed by atoms with Crippen LogP contribution in [0, 0.1) is 0 Å². The van der Waals surface area contributed by atoms with Crippen molar-refractivity contribution in [3.05, 3.63) is 71.8 Å². The molecule has 0 aromatic heterocycles. The van der Waals surface area contributed by atoms with E-state index in [9.17, 15) is 9.59 Å². The summed E-state index contributed by atoms with van der Waals surface area (Å²) in [7, 11) is 0. The molecule has 5 heteroatoms. The highest BCUT2D eigenvalue weighted by molar-refractivity contribution is 5.88. The van der Waals surface area contributed by atoms with Gasteiger partial charge in [-0.15, -0.1) is 0 Å². The van der Waals surface area contributed by atoms with Crippen LogP contribution < -0.4 is 5.32 Å². The standard InChI is InChI=1S/C23H29N3O2/c1-2-25(18-20-11-7-4-8-12-20)22(27)17-21-23(28)24-14-16-26(21)15-13-19-9-5-3-6-10-19/h3-12,21H,2,13-18H2,1H3,(H,24,28)/t21-/m0/s1. The molecule has 0 aliphatic carbocycles. The van der Waals surface area contributed by atoms with Crippen LogP contribution in [0.1, 0.15) is 24.5 Å². The highest BCUT2D eigenvalue weighted by Crippen LogP contribution is 2.14. The Balaban J connectivity index is 1.62. The molecule has 3 rings (SSSR count). The summed E-state index contributed by atoms with van der Waals surface area (Å²) in [5, 5.41) is 2.92. The number of hydrogen-bond acceptors (Lipinski definition) is 3. The number of carbonyl (C=O) groups is 2. The van der Waals surface area contributed by atoms with Gasteiger partial charge in [0.05, 0.1) is 12.5 Å². The van der Waals surface area contributed by atoms with Crippen LogP contribution >= 0.6 is 0 Å². The third kappa shape index (κ3) is 5.42. The van der Waals surface area contributed by atoms with Crippen molar-refractivity contribution < 1.29 is 9.59 Å². The van der Waals surface area contributed by atoms with E-state index in [0.717, 1.165) is 25.1 Å². The molecule has 0 bridgehead atoms. The zero-order chi connectivity index (χ0) is 19.8. The fraction of sp³-hybridized carbons (Fsp3) is 0.391. The summed E-state index contributed by atoms with van der Waals surface area (Å²) >= 11 is 0. The molecular weight excluding hydrogens is 350 g/mol. The van der Waals surface area contributed by atoms with Crippen molar-refractivity contribution in [3.8, 4) is 0 Å². The minimum Gasteiger partial charge on any atom is -0.353 e. The highest BCUT2D eigenvalue weighted by atomic mass is 16.2. The lowest BCUT2D eigenvalue weighted by molar-refractivity contribution is -0.139. The molecule has 0 saturated carbocycles. The summed E-state index contributed by atoms with van der Waals surface area (Å²) in [4.78, 5) is 29.4. The third-order valence-electron chi connectivity index (χ3n) is 5.29. The number of hydrogen-bond donors (Lipinski definition) is 1. The molecule has 1 aliphatic rings. The first-order chi connectivity index (χ1) is 13.7. The Hall–Kier alpha value is -2.66. The molecule has 28 heavy (non-hydrogen) atoms. The molecule has 0 unspecified atom stereocenters. The van der Waals surface area contributed by atoms with Crippen molar-refractivity contribution in [2.24, 2.45) is 0 Å². The fourth-order valence-electron chi connectivity index (χ4n) is 3.64. The van der Waals surface area contributed by atoms with Crippen LogP contribution in [0.25, 0.3) is 0 Å². The van der Waals surface area contributed by atoms with Crippen LogP contribution in [0.3, 0.4) is 0 Å². The summed E-state index contributed by atoms with van der Waals surface area (Å²) in [6.07, 6.45) is 1.10. The molecule has 1 atom stereocenters. The SMILES string of the molecule is CCN(Cc1ccccc1)C(=O)C[C@H]1C(=O)NCCN1CCc1ccccc1. The lowest BCUT2D eigenvalue weighted by Gasteiger charge is -2.35. The van der Waals surface area contributed by atoms with Crippen LogP contribution in [0.2, 0.25) is 0 Å². The monoisotopic (exact) mass is 379 g/mol. The molecule has 5 nitrogen and oxygen atoms in total. The van der Waals surface area contributed by atoms with E-state index < -0.39 is 6.04 Å². The predicted octanol–water partition coefficient (Wildman–Crippen LogP) is 2.47. The first-order valence-electron chi connectivity index (χ1n) is 10.0. The van der Waals surface area contributed by atoms with Crippen molar-refractivity contribution in [2.45, 2.75) is 32.4 Å². The fourth-order valence-corrected chi connectivity index (χ4v) is 3.64. The molecule has 1 fully saturated rings. The van der Waals surface area contributed by atoms with Gasteiger partial charge in [-0.05, 0) is 24.5 Å². The second-order valence-electron chi connectivity index (χ2n) is 7.18. The van der Waals surface area contributed by atoms with Crippen LogP contribution in [-0.4, -0.2) is 53.8 Å². The molecule has 1 heterocycles. The number of amides is 2. The summed E-state index contributed by atoms with van der Waals surface area (Å²) in [6, 6.07) is 19.8. The minimum atomic E-state index is -0.394. The van der Waals surface area contributed by atoms with Gasteiger partial charge in [0.25, 0.3) is 0 Å². The molecule has 1 aliphatic heterocycles. The van der Waals surface area contributed by atoms with Crippen LogP contribution in [0.4, 0.5) is 0 Å². The van der Waals surface area contributed by atoms with Gasteiger partial charge < -0.3 is 10.2 Å². The molecule has 1 saturated heterocycles.